The summed E-state index contributed by atoms with van der Waals surface area (Å²) in [7, 11) is 4.22. The van der Waals surface area contributed by atoms with Crippen molar-refractivity contribution in [3.05, 3.63) is 27.6 Å². The lowest BCUT2D eigenvalue weighted by Crippen LogP contribution is -2.32. The fraction of sp³-hybridized carbons (Fsp3) is 0.533. The molecule has 3 nitrogen and oxygen atoms in total. The van der Waals surface area contributed by atoms with Crippen LogP contribution in [0.1, 0.15) is 19.7 Å². The predicted octanol–water partition coefficient (Wildman–Crippen LogP) is 3.97. The van der Waals surface area contributed by atoms with Crippen LogP contribution in [0.4, 0.5) is 0 Å². The zero-order valence-corrected chi connectivity index (χ0v) is 15.4. The summed E-state index contributed by atoms with van der Waals surface area (Å²) in [4.78, 5) is 6.89. The molecule has 0 radical (unpaired) electrons. The molecule has 0 aliphatic rings. The molecular formula is C15H21ClIN3. The van der Waals surface area contributed by atoms with E-state index in [1.165, 1.54) is 9.09 Å². The molecule has 0 saturated heterocycles. The Morgan fingerprint density at radius 3 is 2.65 bits per heavy atom. The summed E-state index contributed by atoms with van der Waals surface area (Å²) >= 11 is 8.40. The van der Waals surface area contributed by atoms with E-state index in [0.29, 0.717) is 5.88 Å². The highest BCUT2D eigenvalue weighted by Crippen LogP contribution is 2.26. The highest BCUT2D eigenvalue weighted by molar-refractivity contribution is 14.1. The molecule has 1 heterocycles. The largest absolute Gasteiger partial charge is 0.326 e. The van der Waals surface area contributed by atoms with Gasteiger partial charge in [0.1, 0.15) is 5.82 Å². The number of benzene rings is 1. The Bertz CT molecular complexity index is 604. The first-order chi connectivity index (χ1) is 9.32. The molecule has 1 aromatic heterocycles. The summed E-state index contributed by atoms with van der Waals surface area (Å²) in [6.07, 6.45) is 0. The maximum absolute atomic E-state index is 6.08. The lowest BCUT2D eigenvalue weighted by molar-refractivity contribution is 0.212. The van der Waals surface area contributed by atoms with Crippen LogP contribution in [0, 0.1) is 8.99 Å². The van der Waals surface area contributed by atoms with Crippen LogP contribution < -0.4 is 0 Å². The standard InChI is InChI=1S/C15H21ClIN3/c1-15(2,9-19(3)4)10-20-13-6-5-11(17)7-12(13)18-14(20)8-16/h5-7H,8-10H2,1-4H3. The van der Waals surface area contributed by atoms with Gasteiger partial charge in [0.15, 0.2) is 0 Å². The smallest absolute Gasteiger partial charge is 0.124 e. The Labute approximate surface area is 139 Å². The normalized spacial score (nSPS) is 12.6. The van der Waals surface area contributed by atoms with E-state index in [2.05, 4.69) is 83.2 Å². The zero-order chi connectivity index (χ0) is 14.9. The maximum atomic E-state index is 6.08. The van der Waals surface area contributed by atoms with Crippen molar-refractivity contribution in [2.75, 3.05) is 20.6 Å². The highest BCUT2D eigenvalue weighted by Gasteiger charge is 2.22. The molecule has 0 saturated carbocycles. The minimum atomic E-state index is 0.168. The van der Waals surface area contributed by atoms with Crippen molar-refractivity contribution >= 4 is 45.2 Å². The third-order valence-corrected chi connectivity index (χ3v) is 4.15. The number of fused-ring (bicyclic) bond motifs is 1. The van der Waals surface area contributed by atoms with Crippen molar-refractivity contribution in [1.29, 1.82) is 0 Å². The third-order valence-electron chi connectivity index (χ3n) is 3.24. The second-order valence-corrected chi connectivity index (χ2v) is 7.80. The summed E-state index contributed by atoms with van der Waals surface area (Å²) in [5, 5.41) is 0. The summed E-state index contributed by atoms with van der Waals surface area (Å²) in [5.74, 6) is 1.40. The molecular weight excluding hydrogens is 385 g/mol. The topological polar surface area (TPSA) is 21.1 Å². The molecule has 110 valence electrons. The Morgan fingerprint density at radius 2 is 2.05 bits per heavy atom. The first kappa shape index (κ1) is 16.0. The van der Waals surface area contributed by atoms with E-state index in [1.54, 1.807) is 0 Å². The molecule has 1 aromatic carbocycles. The quantitative estimate of drug-likeness (QED) is 0.554. The number of hydrogen-bond donors (Lipinski definition) is 0. The minimum absolute atomic E-state index is 0.168. The fourth-order valence-corrected chi connectivity index (χ4v) is 3.44. The molecule has 0 aliphatic heterocycles. The number of rotatable bonds is 5. The van der Waals surface area contributed by atoms with Crippen molar-refractivity contribution < 1.29 is 0 Å². The molecule has 0 spiro atoms. The van der Waals surface area contributed by atoms with E-state index >= 15 is 0 Å². The number of halogens is 2. The molecule has 0 fully saturated rings. The molecule has 0 amide bonds. The summed E-state index contributed by atoms with van der Waals surface area (Å²) in [6, 6.07) is 6.38. The Kier molecular flexibility index (Phi) is 4.97. The summed E-state index contributed by atoms with van der Waals surface area (Å²) < 4.78 is 3.47. The van der Waals surface area contributed by atoms with Crippen LogP contribution >= 0.6 is 34.2 Å². The number of aromatic nitrogens is 2. The second-order valence-electron chi connectivity index (χ2n) is 6.28. The van der Waals surface area contributed by atoms with Crippen molar-refractivity contribution in [3.63, 3.8) is 0 Å². The minimum Gasteiger partial charge on any atom is -0.326 e. The molecule has 20 heavy (non-hydrogen) atoms. The van der Waals surface area contributed by atoms with E-state index in [4.69, 9.17) is 11.6 Å². The van der Waals surface area contributed by atoms with Crippen LogP contribution in [0.3, 0.4) is 0 Å². The summed E-state index contributed by atoms with van der Waals surface area (Å²) in [6.45, 7) is 6.51. The van der Waals surface area contributed by atoms with Gasteiger partial charge in [-0.25, -0.2) is 4.98 Å². The summed E-state index contributed by atoms with van der Waals surface area (Å²) in [5.41, 5.74) is 2.38. The molecule has 0 atom stereocenters. The Morgan fingerprint density at radius 1 is 1.35 bits per heavy atom. The van der Waals surface area contributed by atoms with Crippen LogP contribution in [0.5, 0.6) is 0 Å². The van der Waals surface area contributed by atoms with Gasteiger partial charge in [0.25, 0.3) is 0 Å². The molecule has 0 aliphatic carbocycles. The SMILES string of the molecule is CN(C)CC(C)(C)Cn1c(CCl)nc2cc(I)ccc21. The van der Waals surface area contributed by atoms with Crippen LogP contribution in [0.25, 0.3) is 11.0 Å². The van der Waals surface area contributed by atoms with Crippen LogP contribution in [-0.4, -0.2) is 35.1 Å². The lowest BCUT2D eigenvalue weighted by atomic mass is 9.92. The molecule has 5 heteroatoms. The van der Waals surface area contributed by atoms with E-state index in [9.17, 15) is 0 Å². The van der Waals surface area contributed by atoms with Gasteiger partial charge in [-0.2, -0.15) is 0 Å². The maximum Gasteiger partial charge on any atom is 0.124 e. The average molecular weight is 406 g/mol. The van der Waals surface area contributed by atoms with E-state index in [1.807, 2.05) is 0 Å². The highest BCUT2D eigenvalue weighted by atomic mass is 127. The molecule has 2 rings (SSSR count). The zero-order valence-electron chi connectivity index (χ0n) is 12.5. The van der Waals surface area contributed by atoms with Crippen LogP contribution in [0.15, 0.2) is 18.2 Å². The van der Waals surface area contributed by atoms with Gasteiger partial charge in [-0.15, -0.1) is 11.6 Å². The lowest BCUT2D eigenvalue weighted by Gasteiger charge is -2.29. The number of nitrogens with zero attached hydrogens (tertiary/aromatic N) is 3. The van der Waals surface area contributed by atoms with Gasteiger partial charge in [0, 0.05) is 16.7 Å². The Hall–Kier alpha value is -0.330. The monoisotopic (exact) mass is 405 g/mol. The van der Waals surface area contributed by atoms with Gasteiger partial charge in [0.2, 0.25) is 0 Å². The molecule has 0 unspecified atom stereocenters. The second kappa shape index (κ2) is 6.20. The molecule has 2 aromatic rings. The van der Waals surface area contributed by atoms with Crippen LogP contribution in [0.2, 0.25) is 0 Å². The third kappa shape index (κ3) is 3.65. The van der Waals surface area contributed by atoms with Gasteiger partial charge >= 0.3 is 0 Å². The van der Waals surface area contributed by atoms with Gasteiger partial charge in [0.05, 0.1) is 16.9 Å². The van der Waals surface area contributed by atoms with Crippen molar-refractivity contribution in [3.8, 4) is 0 Å². The van der Waals surface area contributed by atoms with Crippen molar-refractivity contribution in [2.24, 2.45) is 5.41 Å². The van der Waals surface area contributed by atoms with Gasteiger partial charge in [-0.05, 0) is 60.3 Å². The van der Waals surface area contributed by atoms with Crippen molar-refractivity contribution in [2.45, 2.75) is 26.3 Å². The Balaban J connectivity index is 2.42. The average Bonchev–Trinajstić information content (AvgIpc) is 2.64. The molecule has 0 bridgehead atoms. The number of imidazole rings is 1. The molecule has 0 N–H and O–H groups in total. The van der Waals surface area contributed by atoms with Gasteiger partial charge in [-0.1, -0.05) is 13.8 Å². The van der Waals surface area contributed by atoms with E-state index in [0.717, 1.165) is 24.4 Å². The number of alkyl halides is 1. The van der Waals surface area contributed by atoms with Gasteiger partial charge in [-0.3, -0.25) is 0 Å². The van der Waals surface area contributed by atoms with E-state index < -0.39 is 0 Å². The first-order valence-corrected chi connectivity index (χ1v) is 8.29. The van der Waals surface area contributed by atoms with E-state index in [-0.39, 0.29) is 5.41 Å². The van der Waals surface area contributed by atoms with Crippen LogP contribution in [-0.2, 0) is 12.4 Å². The predicted molar refractivity (Wildman–Crippen MR) is 94.3 cm³/mol. The number of hydrogen-bond acceptors (Lipinski definition) is 2. The van der Waals surface area contributed by atoms with Gasteiger partial charge < -0.3 is 9.47 Å². The first-order valence-electron chi connectivity index (χ1n) is 6.68. The van der Waals surface area contributed by atoms with Crippen molar-refractivity contribution in [1.82, 2.24) is 14.5 Å². The fourth-order valence-electron chi connectivity index (χ4n) is 2.77.